The summed E-state index contributed by atoms with van der Waals surface area (Å²) in [6, 6.07) is 10.5. The van der Waals surface area contributed by atoms with Crippen molar-refractivity contribution in [3.63, 3.8) is 0 Å². The number of benzene rings is 1. The topological polar surface area (TPSA) is 94.8 Å². The number of amides is 1. The van der Waals surface area contributed by atoms with Gasteiger partial charge < -0.3 is 20.6 Å². The number of halogens is 1. The zero-order valence-electron chi connectivity index (χ0n) is 20.0. The third-order valence-corrected chi connectivity index (χ3v) is 7.44. The number of nitrogens with one attached hydrogen (secondary N) is 2. The number of hydrogen-bond donors (Lipinski definition) is 3. The summed E-state index contributed by atoms with van der Waals surface area (Å²) in [5.74, 6) is 0.158. The van der Waals surface area contributed by atoms with E-state index < -0.39 is 0 Å². The SMILES string of the molecule is CC1(CO)CCN(c2ccc(Nc3ccc(-c4cnc5cc(F)ccn45)c4c3C(=O)NC4)nc2)CC1. The van der Waals surface area contributed by atoms with E-state index in [0.717, 1.165) is 48.4 Å². The smallest absolute Gasteiger partial charge is 0.254 e. The summed E-state index contributed by atoms with van der Waals surface area (Å²) in [4.78, 5) is 24.0. The summed E-state index contributed by atoms with van der Waals surface area (Å²) < 4.78 is 15.4. The Kier molecular flexibility index (Phi) is 5.37. The molecule has 3 aromatic heterocycles. The quantitative estimate of drug-likeness (QED) is 0.393. The molecule has 3 N–H and O–H groups in total. The molecule has 0 unspecified atom stereocenters. The van der Waals surface area contributed by atoms with Crippen LogP contribution in [0.5, 0.6) is 0 Å². The molecule has 4 aromatic rings. The summed E-state index contributed by atoms with van der Waals surface area (Å²) in [5.41, 5.74) is 5.35. The number of carbonyl (C=O) groups excluding carboxylic acids is 1. The number of nitrogens with zero attached hydrogens (tertiary/aromatic N) is 4. The minimum absolute atomic E-state index is 0.00203. The molecule has 1 saturated heterocycles. The van der Waals surface area contributed by atoms with Crippen molar-refractivity contribution in [1.29, 1.82) is 0 Å². The molecule has 0 bridgehead atoms. The first kappa shape index (κ1) is 22.5. The molecular formula is C27H27FN6O2. The van der Waals surface area contributed by atoms with Crippen LogP contribution in [-0.2, 0) is 6.54 Å². The molecule has 8 nitrogen and oxygen atoms in total. The van der Waals surface area contributed by atoms with Crippen LogP contribution in [-0.4, -0.2) is 45.1 Å². The molecule has 0 aliphatic carbocycles. The Morgan fingerprint density at radius 3 is 2.72 bits per heavy atom. The van der Waals surface area contributed by atoms with Crippen LogP contribution in [0.1, 0.15) is 35.7 Å². The first-order valence-corrected chi connectivity index (χ1v) is 12.1. The molecule has 184 valence electrons. The first-order chi connectivity index (χ1) is 17.4. The van der Waals surface area contributed by atoms with Crippen molar-refractivity contribution in [1.82, 2.24) is 19.7 Å². The molecule has 0 radical (unpaired) electrons. The average molecular weight is 487 g/mol. The molecule has 2 aliphatic rings. The minimum Gasteiger partial charge on any atom is -0.396 e. The fourth-order valence-electron chi connectivity index (χ4n) is 5.09. The van der Waals surface area contributed by atoms with Gasteiger partial charge in [0.1, 0.15) is 17.3 Å². The van der Waals surface area contributed by atoms with Crippen LogP contribution in [0, 0.1) is 11.2 Å². The lowest BCUT2D eigenvalue weighted by Crippen LogP contribution is -2.40. The van der Waals surface area contributed by atoms with Crippen LogP contribution in [0.15, 0.2) is 55.0 Å². The highest BCUT2D eigenvalue weighted by Crippen LogP contribution is 2.36. The Labute approximate surface area is 207 Å². The van der Waals surface area contributed by atoms with Crippen LogP contribution in [0.2, 0.25) is 0 Å². The van der Waals surface area contributed by atoms with Gasteiger partial charge in [-0.1, -0.05) is 13.0 Å². The van der Waals surface area contributed by atoms with Gasteiger partial charge in [-0.05, 0) is 48.1 Å². The Bertz CT molecular complexity index is 1460. The zero-order chi connectivity index (χ0) is 24.9. The number of imidazole rings is 1. The number of aliphatic hydroxyl groups is 1. The number of fused-ring (bicyclic) bond motifs is 2. The molecule has 9 heteroatoms. The van der Waals surface area contributed by atoms with Crippen LogP contribution in [0.25, 0.3) is 16.9 Å². The zero-order valence-corrected chi connectivity index (χ0v) is 20.0. The van der Waals surface area contributed by atoms with Gasteiger partial charge in [0.2, 0.25) is 0 Å². The lowest BCUT2D eigenvalue weighted by atomic mass is 9.81. The number of piperidine rings is 1. The summed E-state index contributed by atoms with van der Waals surface area (Å²) >= 11 is 0. The Balaban J connectivity index is 1.26. The van der Waals surface area contributed by atoms with E-state index in [9.17, 15) is 14.3 Å². The van der Waals surface area contributed by atoms with E-state index in [4.69, 9.17) is 0 Å². The molecule has 5 heterocycles. The number of rotatable bonds is 5. The summed E-state index contributed by atoms with van der Waals surface area (Å²) in [5, 5.41) is 15.8. The standard InChI is InChI=1S/C27H27FN6O2/c1-27(16-35)7-10-33(11-8-27)18-2-5-23(29-13-18)32-21-4-3-19(20-14-31-26(36)25(20)21)22-15-30-24-12-17(28)6-9-34(22)24/h2-6,9,12-13,15,35H,7-8,10-11,14,16H2,1H3,(H,29,32)(H,31,36). The molecule has 0 spiro atoms. The van der Waals surface area contributed by atoms with Crippen LogP contribution in [0.4, 0.5) is 21.6 Å². The Hall–Kier alpha value is -3.98. The van der Waals surface area contributed by atoms with Gasteiger partial charge in [-0.2, -0.15) is 0 Å². The van der Waals surface area contributed by atoms with Crippen LogP contribution in [0.3, 0.4) is 0 Å². The molecule has 36 heavy (non-hydrogen) atoms. The van der Waals surface area contributed by atoms with Gasteiger partial charge in [-0.15, -0.1) is 0 Å². The van der Waals surface area contributed by atoms with Crippen molar-refractivity contribution in [3.8, 4) is 11.3 Å². The van der Waals surface area contributed by atoms with E-state index in [1.807, 2.05) is 34.9 Å². The molecule has 1 amide bonds. The first-order valence-electron chi connectivity index (χ1n) is 12.1. The fourth-order valence-corrected chi connectivity index (χ4v) is 5.09. The van der Waals surface area contributed by atoms with Gasteiger partial charge in [-0.25, -0.2) is 14.4 Å². The van der Waals surface area contributed by atoms with E-state index >= 15 is 0 Å². The largest absolute Gasteiger partial charge is 0.396 e. The number of aliphatic hydroxyl groups excluding tert-OH is 1. The van der Waals surface area contributed by atoms with Gasteiger partial charge in [-0.3, -0.25) is 9.20 Å². The predicted molar refractivity (Wildman–Crippen MR) is 136 cm³/mol. The molecule has 0 atom stereocenters. The highest BCUT2D eigenvalue weighted by Gasteiger charge is 2.30. The third-order valence-electron chi connectivity index (χ3n) is 7.44. The molecule has 6 rings (SSSR count). The Morgan fingerprint density at radius 2 is 1.97 bits per heavy atom. The summed E-state index contributed by atoms with van der Waals surface area (Å²) in [6.45, 7) is 4.52. The molecule has 1 aromatic carbocycles. The van der Waals surface area contributed by atoms with Crippen molar-refractivity contribution < 1.29 is 14.3 Å². The van der Waals surface area contributed by atoms with Crippen molar-refractivity contribution in [2.45, 2.75) is 26.3 Å². The van der Waals surface area contributed by atoms with Crippen molar-refractivity contribution in [3.05, 3.63) is 71.9 Å². The fraction of sp³-hybridized carbons (Fsp3) is 0.296. The van der Waals surface area contributed by atoms with E-state index in [1.165, 1.54) is 12.1 Å². The van der Waals surface area contributed by atoms with Crippen molar-refractivity contribution in [2.24, 2.45) is 5.41 Å². The maximum atomic E-state index is 13.6. The van der Waals surface area contributed by atoms with Gasteiger partial charge >= 0.3 is 0 Å². The normalized spacial score (nSPS) is 16.8. The summed E-state index contributed by atoms with van der Waals surface area (Å²) in [6.07, 6.45) is 7.07. The average Bonchev–Trinajstić information content (AvgIpc) is 3.49. The van der Waals surface area contributed by atoms with Crippen LogP contribution < -0.4 is 15.5 Å². The van der Waals surface area contributed by atoms with Gasteiger partial charge in [0.25, 0.3) is 5.91 Å². The number of hydrogen-bond acceptors (Lipinski definition) is 6. The van der Waals surface area contributed by atoms with E-state index in [2.05, 4.69) is 32.4 Å². The Morgan fingerprint density at radius 1 is 1.14 bits per heavy atom. The van der Waals surface area contributed by atoms with Crippen molar-refractivity contribution in [2.75, 3.05) is 29.9 Å². The number of pyridine rings is 2. The second-order valence-corrected chi connectivity index (χ2v) is 9.90. The van der Waals surface area contributed by atoms with E-state index in [-0.39, 0.29) is 23.7 Å². The maximum Gasteiger partial charge on any atom is 0.254 e. The van der Waals surface area contributed by atoms with Crippen molar-refractivity contribution >= 4 is 28.7 Å². The monoisotopic (exact) mass is 486 g/mol. The molecule has 1 fully saturated rings. The van der Waals surface area contributed by atoms with Crippen LogP contribution >= 0.6 is 0 Å². The molecular weight excluding hydrogens is 459 g/mol. The lowest BCUT2D eigenvalue weighted by molar-refractivity contribution is 0.0966. The molecule has 2 aliphatic heterocycles. The third kappa shape index (κ3) is 3.85. The number of anilines is 3. The minimum atomic E-state index is -0.344. The number of carbonyl (C=O) groups is 1. The van der Waals surface area contributed by atoms with E-state index in [0.29, 0.717) is 29.3 Å². The second-order valence-electron chi connectivity index (χ2n) is 9.90. The summed E-state index contributed by atoms with van der Waals surface area (Å²) in [7, 11) is 0. The lowest BCUT2D eigenvalue weighted by Gasteiger charge is -2.39. The maximum absolute atomic E-state index is 13.6. The molecule has 0 saturated carbocycles. The van der Waals surface area contributed by atoms with Gasteiger partial charge in [0.15, 0.2) is 0 Å². The highest BCUT2D eigenvalue weighted by atomic mass is 19.1. The van der Waals surface area contributed by atoms with Gasteiger partial charge in [0.05, 0.1) is 35.0 Å². The predicted octanol–water partition coefficient (Wildman–Crippen LogP) is 4.12. The second kappa shape index (κ2) is 8.60. The highest BCUT2D eigenvalue weighted by molar-refractivity contribution is 6.06. The number of aromatic nitrogens is 3. The van der Waals surface area contributed by atoms with E-state index in [1.54, 1.807) is 12.4 Å². The van der Waals surface area contributed by atoms with Gasteiger partial charge in [0, 0.05) is 44.1 Å².